The molecule has 1 aliphatic rings. The van der Waals surface area contributed by atoms with E-state index in [-0.39, 0.29) is 18.4 Å². The van der Waals surface area contributed by atoms with Crippen molar-refractivity contribution < 1.29 is 9.90 Å². The number of halogens is 1. The molecule has 1 heterocycles. The second-order valence-electron chi connectivity index (χ2n) is 2.74. The maximum absolute atomic E-state index is 10.4. The zero-order valence-electron chi connectivity index (χ0n) is 6.54. The third kappa shape index (κ3) is 2.67. The molecule has 1 fully saturated rings. The Labute approximate surface area is 72.6 Å². The number of aliphatic carboxylic acids is 1. The summed E-state index contributed by atoms with van der Waals surface area (Å²) in [7, 11) is 0. The topological polar surface area (TPSA) is 49.3 Å². The summed E-state index contributed by atoms with van der Waals surface area (Å²) in [5.41, 5.74) is 0. The lowest BCUT2D eigenvalue weighted by molar-refractivity contribution is -0.139. The second kappa shape index (κ2) is 4.57. The van der Waals surface area contributed by atoms with Crippen molar-refractivity contribution in [1.82, 2.24) is 5.32 Å². The van der Waals surface area contributed by atoms with Crippen molar-refractivity contribution in [2.45, 2.75) is 38.3 Å². The molecule has 3 nitrogen and oxygen atoms in total. The highest BCUT2D eigenvalue weighted by atomic mass is 35.5. The molecule has 66 valence electrons. The van der Waals surface area contributed by atoms with Crippen LogP contribution in [0.5, 0.6) is 0 Å². The summed E-state index contributed by atoms with van der Waals surface area (Å²) in [6, 6.07) is 0.144. The van der Waals surface area contributed by atoms with Gasteiger partial charge in [-0.15, -0.1) is 12.4 Å². The summed E-state index contributed by atoms with van der Waals surface area (Å²) in [6.07, 6.45) is 2.82. The number of carboxylic acid groups (broad SMARTS) is 1. The van der Waals surface area contributed by atoms with E-state index < -0.39 is 5.97 Å². The highest BCUT2D eigenvalue weighted by Crippen LogP contribution is 2.14. The van der Waals surface area contributed by atoms with Gasteiger partial charge in [-0.25, -0.2) is 0 Å². The Bertz CT molecular complexity index is 140. The second-order valence-corrected chi connectivity index (χ2v) is 2.74. The Morgan fingerprint density at radius 2 is 2.27 bits per heavy atom. The molecule has 0 radical (unpaired) electrons. The third-order valence-electron chi connectivity index (χ3n) is 2.03. The van der Waals surface area contributed by atoms with Crippen LogP contribution in [0.15, 0.2) is 0 Å². The van der Waals surface area contributed by atoms with Crippen molar-refractivity contribution in [2.75, 3.05) is 0 Å². The first-order valence-corrected chi connectivity index (χ1v) is 3.73. The van der Waals surface area contributed by atoms with Gasteiger partial charge >= 0.3 is 5.97 Å². The van der Waals surface area contributed by atoms with Gasteiger partial charge in [-0.2, -0.15) is 0 Å². The van der Waals surface area contributed by atoms with Gasteiger partial charge < -0.3 is 10.4 Å². The van der Waals surface area contributed by atoms with Crippen molar-refractivity contribution in [3.8, 4) is 0 Å². The quantitative estimate of drug-likeness (QED) is 0.666. The molecule has 1 rings (SSSR count). The molecule has 1 aliphatic heterocycles. The number of carboxylic acids is 1. The van der Waals surface area contributed by atoms with Gasteiger partial charge in [0.2, 0.25) is 0 Å². The summed E-state index contributed by atoms with van der Waals surface area (Å²) in [6.45, 7) is 2.07. The van der Waals surface area contributed by atoms with Crippen molar-refractivity contribution in [3.05, 3.63) is 0 Å². The maximum atomic E-state index is 10.4. The summed E-state index contributed by atoms with van der Waals surface area (Å²) in [5.74, 6) is -0.712. The molecule has 1 saturated heterocycles. The molecule has 2 unspecified atom stereocenters. The van der Waals surface area contributed by atoms with E-state index >= 15 is 0 Å². The van der Waals surface area contributed by atoms with Gasteiger partial charge in [-0.1, -0.05) is 6.92 Å². The number of carbonyl (C=O) groups is 1. The molecule has 0 amide bonds. The highest BCUT2D eigenvalue weighted by Gasteiger charge is 2.26. The van der Waals surface area contributed by atoms with E-state index in [2.05, 4.69) is 12.2 Å². The van der Waals surface area contributed by atoms with Gasteiger partial charge in [-0.3, -0.25) is 4.79 Å². The fourth-order valence-corrected chi connectivity index (χ4v) is 1.34. The Hall–Kier alpha value is -0.280. The first-order chi connectivity index (χ1) is 4.74. The van der Waals surface area contributed by atoms with E-state index in [1.807, 2.05) is 0 Å². The van der Waals surface area contributed by atoms with Crippen LogP contribution in [0, 0.1) is 0 Å². The van der Waals surface area contributed by atoms with E-state index in [4.69, 9.17) is 5.11 Å². The predicted molar refractivity (Wildman–Crippen MR) is 45.1 cm³/mol. The van der Waals surface area contributed by atoms with Crippen LogP contribution in [0.25, 0.3) is 0 Å². The standard InChI is InChI=1S/C7H13NO2.ClH/c1-2-5-3-4-6(8-5)7(9)10;/h5-6,8H,2-4H2,1H3,(H,9,10);1H. The first kappa shape index (κ1) is 10.7. The van der Waals surface area contributed by atoms with Gasteiger partial charge in [-0.05, 0) is 19.3 Å². The van der Waals surface area contributed by atoms with Gasteiger partial charge in [0.25, 0.3) is 0 Å². The molecule has 0 aromatic carbocycles. The minimum atomic E-state index is -0.712. The molecule has 0 aromatic heterocycles. The lowest BCUT2D eigenvalue weighted by atomic mass is 10.1. The summed E-state index contributed by atoms with van der Waals surface area (Å²) in [5, 5.41) is 11.6. The lowest BCUT2D eigenvalue weighted by Gasteiger charge is -2.07. The fraction of sp³-hybridized carbons (Fsp3) is 0.857. The van der Waals surface area contributed by atoms with Crippen LogP contribution in [-0.2, 0) is 4.79 Å². The number of nitrogens with one attached hydrogen (secondary N) is 1. The number of hydrogen-bond donors (Lipinski definition) is 2. The Morgan fingerprint density at radius 3 is 2.55 bits per heavy atom. The van der Waals surface area contributed by atoms with Crippen LogP contribution in [0.1, 0.15) is 26.2 Å². The average Bonchev–Trinajstić information content (AvgIpc) is 2.34. The van der Waals surface area contributed by atoms with Crippen LogP contribution in [0.3, 0.4) is 0 Å². The highest BCUT2D eigenvalue weighted by molar-refractivity contribution is 5.85. The van der Waals surface area contributed by atoms with E-state index in [1.165, 1.54) is 0 Å². The van der Waals surface area contributed by atoms with Crippen LogP contribution in [0.2, 0.25) is 0 Å². The van der Waals surface area contributed by atoms with E-state index in [0.717, 1.165) is 19.3 Å². The van der Waals surface area contributed by atoms with Crippen LogP contribution < -0.4 is 5.32 Å². The maximum Gasteiger partial charge on any atom is 0.320 e. The van der Waals surface area contributed by atoms with Gasteiger partial charge in [0.05, 0.1) is 0 Å². The molecule has 0 bridgehead atoms. The van der Waals surface area contributed by atoms with Crippen LogP contribution in [0.4, 0.5) is 0 Å². The zero-order valence-corrected chi connectivity index (χ0v) is 7.36. The molecule has 0 aliphatic carbocycles. The molecule has 4 heteroatoms. The Morgan fingerprint density at radius 1 is 1.64 bits per heavy atom. The SMILES string of the molecule is CCC1CCC(C(=O)O)N1.Cl. The van der Waals surface area contributed by atoms with Crippen LogP contribution >= 0.6 is 12.4 Å². The fourth-order valence-electron chi connectivity index (χ4n) is 1.34. The lowest BCUT2D eigenvalue weighted by Crippen LogP contribution is -2.34. The molecular weight excluding hydrogens is 166 g/mol. The Balaban J connectivity index is 0.000001000. The minimum absolute atomic E-state index is 0. The average molecular weight is 180 g/mol. The molecule has 0 aromatic rings. The summed E-state index contributed by atoms with van der Waals surface area (Å²) in [4.78, 5) is 10.4. The van der Waals surface area contributed by atoms with Gasteiger partial charge in [0, 0.05) is 6.04 Å². The molecule has 2 atom stereocenters. The normalized spacial score (nSPS) is 29.5. The Kier molecular flexibility index (Phi) is 4.45. The summed E-state index contributed by atoms with van der Waals surface area (Å²) >= 11 is 0. The van der Waals surface area contributed by atoms with Gasteiger partial charge in [0.15, 0.2) is 0 Å². The predicted octanol–water partition coefficient (Wildman–Crippen LogP) is 1.02. The van der Waals surface area contributed by atoms with Gasteiger partial charge in [0.1, 0.15) is 6.04 Å². The van der Waals surface area contributed by atoms with Crippen molar-refractivity contribution in [3.63, 3.8) is 0 Å². The molecule has 11 heavy (non-hydrogen) atoms. The van der Waals surface area contributed by atoms with E-state index in [1.54, 1.807) is 0 Å². The van der Waals surface area contributed by atoms with E-state index in [0.29, 0.717) is 6.04 Å². The molecule has 0 spiro atoms. The number of rotatable bonds is 2. The van der Waals surface area contributed by atoms with Crippen molar-refractivity contribution in [1.29, 1.82) is 0 Å². The largest absolute Gasteiger partial charge is 0.480 e. The monoisotopic (exact) mass is 179 g/mol. The molecule has 0 saturated carbocycles. The minimum Gasteiger partial charge on any atom is -0.480 e. The number of hydrogen-bond acceptors (Lipinski definition) is 2. The first-order valence-electron chi connectivity index (χ1n) is 3.73. The summed E-state index contributed by atoms with van der Waals surface area (Å²) < 4.78 is 0. The smallest absolute Gasteiger partial charge is 0.320 e. The third-order valence-corrected chi connectivity index (χ3v) is 2.03. The van der Waals surface area contributed by atoms with E-state index in [9.17, 15) is 4.79 Å². The molecule has 2 N–H and O–H groups in total. The molecular formula is C7H14ClNO2. The van der Waals surface area contributed by atoms with Crippen molar-refractivity contribution >= 4 is 18.4 Å². The van der Waals surface area contributed by atoms with Crippen LogP contribution in [-0.4, -0.2) is 23.2 Å². The van der Waals surface area contributed by atoms with Crippen molar-refractivity contribution in [2.24, 2.45) is 0 Å². The zero-order chi connectivity index (χ0) is 7.56.